The minimum Gasteiger partial charge on any atom is -0.493 e. The van der Waals surface area contributed by atoms with Crippen molar-refractivity contribution in [2.45, 2.75) is 0 Å². The molecule has 0 fully saturated rings. The summed E-state index contributed by atoms with van der Waals surface area (Å²) in [6, 6.07) is 3.75. The molecule has 1 heterocycles. The summed E-state index contributed by atoms with van der Waals surface area (Å²) in [5, 5.41) is 3.02. The Balaban J connectivity index is 2.49. The molecule has 1 aliphatic heterocycles. The van der Waals surface area contributed by atoms with E-state index in [1.54, 1.807) is 7.11 Å². The summed E-state index contributed by atoms with van der Waals surface area (Å²) in [6.07, 6.45) is 0. The number of anilines is 1. The van der Waals surface area contributed by atoms with Crippen LogP contribution in [0.15, 0.2) is 12.1 Å². The number of rotatable bonds is 2. The smallest absolute Gasteiger partial charge is 0.231 e. The Bertz CT molecular complexity index is 325. The summed E-state index contributed by atoms with van der Waals surface area (Å²) in [4.78, 5) is 0. The summed E-state index contributed by atoms with van der Waals surface area (Å²) in [6.45, 7) is 0.263. The fraction of sp³-hybridized carbons (Fsp3) is 0.333. The molecule has 1 aromatic rings. The lowest BCUT2D eigenvalue weighted by Crippen LogP contribution is -1.93. The Morgan fingerprint density at radius 3 is 2.92 bits per heavy atom. The molecule has 0 amide bonds. The maximum absolute atomic E-state index is 5.24. The quantitative estimate of drug-likeness (QED) is 0.749. The number of ether oxygens (including phenoxy) is 3. The zero-order chi connectivity index (χ0) is 9.26. The van der Waals surface area contributed by atoms with Crippen LogP contribution in [0.4, 0.5) is 5.69 Å². The van der Waals surface area contributed by atoms with Crippen molar-refractivity contribution in [1.29, 1.82) is 0 Å². The van der Waals surface area contributed by atoms with Crippen molar-refractivity contribution >= 4 is 5.69 Å². The van der Waals surface area contributed by atoms with Crippen molar-refractivity contribution in [3.05, 3.63) is 12.1 Å². The van der Waals surface area contributed by atoms with Gasteiger partial charge in [0.1, 0.15) is 0 Å². The van der Waals surface area contributed by atoms with Gasteiger partial charge in [-0.15, -0.1) is 0 Å². The lowest BCUT2D eigenvalue weighted by molar-refractivity contribution is 0.171. The second-order valence-electron chi connectivity index (χ2n) is 2.66. The monoisotopic (exact) mass is 181 g/mol. The van der Waals surface area contributed by atoms with E-state index in [9.17, 15) is 0 Å². The van der Waals surface area contributed by atoms with Gasteiger partial charge in [-0.25, -0.2) is 0 Å². The number of methoxy groups -OCH3 is 1. The van der Waals surface area contributed by atoms with Gasteiger partial charge in [-0.3, -0.25) is 0 Å². The Hall–Kier alpha value is -1.58. The highest BCUT2D eigenvalue weighted by atomic mass is 16.7. The van der Waals surface area contributed by atoms with Gasteiger partial charge < -0.3 is 19.5 Å². The van der Waals surface area contributed by atoms with Gasteiger partial charge in [0.25, 0.3) is 0 Å². The van der Waals surface area contributed by atoms with Gasteiger partial charge in [-0.1, -0.05) is 0 Å². The molecule has 1 aromatic carbocycles. The van der Waals surface area contributed by atoms with Crippen LogP contribution < -0.4 is 19.5 Å². The van der Waals surface area contributed by atoms with Crippen LogP contribution in [0.3, 0.4) is 0 Å². The molecule has 4 heteroatoms. The van der Waals surface area contributed by atoms with E-state index in [0.29, 0.717) is 11.5 Å². The highest BCUT2D eigenvalue weighted by Gasteiger charge is 2.19. The molecule has 13 heavy (non-hydrogen) atoms. The number of fused-ring (bicyclic) bond motifs is 1. The molecule has 0 unspecified atom stereocenters. The molecule has 1 N–H and O–H groups in total. The summed E-state index contributed by atoms with van der Waals surface area (Å²) < 4.78 is 15.6. The first-order chi connectivity index (χ1) is 6.35. The molecule has 0 aliphatic carbocycles. The average molecular weight is 181 g/mol. The molecule has 0 radical (unpaired) electrons. The zero-order valence-corrected chi connectivity index (χ0v) is 7.59. The van der Waals surface area contributed by atoms with E-state index in [-0.39, 0.29) is 6.79 Å². The first-order valence-corrected chi connectivity index (χ1v) is 4.00. The van der Waals surface area contributed by atoms with Gasteiger partial charge in [0.2, 0.25) is 12.5 Å². The van der Waals surface area contributed by atoms with Crippen molar-refractivity contribution in [1.82, 2.24) is 0 Å². The van der Waals surface area contributed by atoms with Crippen molar-refractivity contribution in [3.8, 4) is 17.2 Å². The molecule has 0 aromatic heterocycles. The molecule has 70 valence electrons. The second kappa shape index (κ2) is 3.05. The summed E-state index contributed by atoms with van der Waals surface area (Å²) in [5.41, 5.74) is 0.945. The van der Waals surface area contributed by atoms with E-state index >= 15 is 0 Å². The third kappa shape index (κ3) is 1.24. The Labute approximate surface area is 76.4 Å². The van der Waals surface area contributed by atoms with Gasteiger partial charge in [0, 0.05) is 24.9 Å². The Morgan fingerprint density at radius 1 is 1.38 bits per heavy atom. The standard InChI is InChI=1S/C9H11NO3/c1-10-6-3-7(11-2)9-8(4-6)12-5-13-9/h3-4,10H,5H2,1-2H3. The predicted octanol–water partition coefficient (Wildman–Crippen LogP) is 1.47. The zero-order valence-electron chi connectivity index (χ0n) is 7.59. The number of hydrogen-bond donors (Lipinski definition) is 1. The molecule has 0 saturated carbocycles. The first kappa shape index (κ1) is 8.04. The molecular weight excluding hydrogens is 170 g/mol. The van der Waals surface area contributed by atoms with Crippen LogP contribution in [0, 0.1) is 0 Å². The number of nitrogens with one attached hydrogen (secondary N) is 1. The van der Waals surface area contributed by atoms with E-state index in [0.717, 1.165) is 11.4 Å². The highest BCUT2D eigenvalue weighted by Crippen LogP contribution is 2.43. The van der Waals surface area contributed by atoms with Crippen molar-refractivity contribution in [2.75, 3.05) is 26.3 Å². The molecule has 0 bridgehead atoms. The molecule has 0 spiro atoms. The summed E-state index contributed by atoms with van der Waals surface area (Å²) in [7, 11) is 3.45. The molecule has 0 atom stereocenters. The van der Waals surface area contributed by atoms with E-state index in [4.69, 9.17) is 14.2 Å². The van der Waals surface area contributed by atoms with Gasteiger partial charge in [0.05, 0.1) is 7.11 Å². The molecule has 2 rings (SSSR count). The fourth-order valence-electron chi connectivity index (χ4n) is 1.27. The van der Waals surface area contributed by atoms with E-state index in [1.807, 2.05) is 19.2 Å². The lowest BCUT2D eigenvalue weighted by atomic mass is 10.2. The van der Waals surface area contributed by atoms with Crippen molar-refractivity contribution < 1.29 is 14.2 Å². The van der Waals surface area contributed by atoms with Crippen molar-refractivity contribution in [3.63, 3.8) is 0 Å². The van der Waals surface area contributed by atoms with Crippen molar-refractivity contribution in [2.24, 2.45) is 0 Å². The molecule has 4 nitrogen and oxygen atoms in total. The van der Waals surface area contributed by atoms with Crippen LogP contribution in [0.2, 0.25) is 0 Å². The third-order valence-electron chi connectivity index (χ3n) is 1.95. The van der Waals surface area contributed by atoms with E-state index in [1.165, 1.54) is 0 Å². The molecule has 1 aliphatic rings. The van der Waals surface area contributed by atoms with Crippen LogP contribution in [0.25, 0.3) is 0 Å². The Kier molecular flexibility index (Phi) is 1.88. The Morgan fingerprint density at radius 2 is 2.23 bits per heavy atom. The van der Waals surface area contributed by atoms with Crippen LogP contribution in [0.1, 0.15) is 0 Å². The second-order valence-corrected chi connectivity index (χ2v) is 2.66. The van der Waals surface area contributed by atoms with Crippen LogP contribution >= 0.6 is 0 Å². The molecular formula is C9H11NO3. The average Bonchev–Trinajstić information content (AvgIpc) is 2.63. The van der Waals surface area contributed by atoms with Gasteiger partial charge in [-0.2, -0.15) is 0 Å². The van der Waals surface area contributed by atoms with Gasteiger partial charge in [0.15, 0.2) is 11.5 Å². The van der Waals surface area contributed by atoms with Gasteiger partial charge in [-0.05, 0) is 0 Å². The molecule has 0 saturated heterocycles. The first-order valence-electron chi connectivity index (χ1n) is 4.00. The SMILES string of the molecule is CNc1cc(OC)c2c(c1)OCO2. The summed E-state index contributed by atoms with van der Waals surface area (Å²) >= 11 is 0. The lowest BCUT2D eigenvalue weighted by Gasteiger charge is -2.07. The van der Waals surface area contributed by atoms with E-state index in [2.05, 4.69) is 5.32 Å². The fourth-order valence-corrected chi connectivity index (χ4v) is 1.27. The minimum atomic E-state index is 0.263. The number of benzene rings is 1. The number of hydrogen-bond acceptors (Lipinski definition) is 4. The normalized spacial score (nSPS) is 12.8. The maximum atomic E-state index is 5.24. The predicted molar refractivity (Wildman–Crippen MR) is 48.7 cm³/mol. The topological polar surface area (TPSA) is 39.7 Å². The van der Waals surface area contributed by atoms with Crippen LogP contribution in [-0.4, -0.2) is 21.0 Å². The van der Waals surface area contributed by atoms with Gasteiger partial charge >= 0.3 is 0 Å². The minimum absolute atomic E-state index is 0.263. The highest BCUT2D eigenvalue weighted by molar-refractivity contribution is 5.63. The summed E-state index contributed by atoms with van der Waals surface area (Å²) in [5.74, 6) is 2.10. The maximum Gasteiger partial charge on any atom is 0.231 e. The van der Waals surface area contributed by atoms with Crippen LogP contribution in [0.5, 0.6) is 17.2 Å². The third-order valence-corrected chi connectivity index (χ3v) is 1.95. The largest absolute Gasteiger partial charge is 0.493 e. The van der Waals surface area contributed by atoms with Crippen LogP contribution in [-0.2, 0) is 0 Å². The van der Waals surface area contributed by atoms with E-state index < -0.39 is 0 Å².